The van der Waals surface area contributed by atoms with E-state index in [4.69, 9.17) is 26.4 Å². The Morgan fingerprint density at radius 1 is 1.11 bits per heavy atom. The molecule has 0 amide bonds. The molecule has 7 heteroatoms. The Hall–Kier alpha value is -2.51. The lowest BCUT2D eigenvalue weighted by Gasteiger charge is -2.26. The van der Waals surface area contributed by atoms with Crippen molar-refractivity contribution in [2.45, 2.75) is 12.6 Å². The fourth-order valence-electron chi connectivity index (χ4n) is 2.91. The van der Waals surface area contributed by atoms with Gasteiger partial charge in [0.2, 0.25) is 6.79 Å². The minimum atomic E-state index is 0.196. The Kier molecular flexibility index (Phi) is 6.36. The van der Waals surface area contributed by atoms with Crippen molar-refractivity contribution in [3.8, 4) is 17.2 Å². The highest BCUT2D eigenvalue weighted by Crippen LogP contribution is 2.32. The molecule has 1 heterocycles. The quantitative estimate of drug-likeness (QED) is 0.709. The summed E-state index contributed by atoms with van der Waals surface area (Å²) >= 11 is 5.43. The van der Waals surface area contributed by atoms with Crippen LogP contribution in [0.1, 0.15) is 17.2 Å². The lowest BCUT2D eigenvalue weighted by Crippen LogP contribution is -2.40. The van der Waals surface area contributed by atoms with Crippen LogP contribution >= 0.6 is 12.2 Å². The maximum atomic E-state index is 5.43. The normalized spacial score (nSPS) is 13.3. The van der Waals surface area contributed by atoms with Crippen LogP contribution in [0.4, 0.5) is 0 Å². The standard InChI is InChI=1S/C20H25N3O3S/c1-23(2)17(15-5-7-16(24-3)8-6-15)12-22-20(27)21-11-14-4-9-18-19(10-14)26-13-25-18/h4-10,17H,11-13H2,1-3H3,(H2,21,22,27)/t17-/m0/s1. The van der Waals surface area contributed by atoms with Gasteiger partial charge in [0, 0.05) is 13.1 Å². The van der Waals surface area contributed by atoms with E-state index >= 15 is 0 Å². The van der Waals surface area contributed by atoms with Crippen LogP contribution in [-0.4, -0.2) is 44.6 Å². The van der Waals surface area contributed by atoms with Crippen molar-refractivity contribution in [1.82, 2.24) is 15.5 Å². The topological polar surface area (TPSA) is 55.0 Å². The molecule has 1 aliphatic rings. The second kappa shape index (κ2) is 8.92. The van der Waals surface area contributed by atoms with Crippen LogP contribution in [0.3, 0.4) is 0 Å². The third-order valence-corrected chi connectivity index (χ3v) is 4.76. The minimum absolute atomic E-state index is 0.196. The van der Waals surface area contributed by atoms with Crippen molar-refractivity contribution < 1.29 is 14.2 Å². The number of hydrogen-bond acceptors (Lipinski definition) is 5. The van der Waals surface area contributed by atoms with Crippen LogP contribution in [-0.2, 0) is 6.54 Å². The molecular weight excluding hydrogens is 362 g/mol. The summed E-state index contributed by atoms with van der Waals surface area (Å²) in [6.07, 6.45) is 0. The fourth-order valence-corrected chi connectivity index (χ4v) is 3.07. The number of ether oxygens (including phenoxy) is 3. The molecule has 144 valence electrons. The molecule has 0 aliphatic carbocycles. The molecule has 1 aliphatic heterocycles. The van der Waals surface area contributed by atoms with E-state index in [0.29, 0.717) is 18.2 Å². The smallest absolute Gasteiger partial charge is 0.231 e. The van der Waals surface area contributed by atoms with Gasteiger partial charge in [-0.2, -0.15) is 0 Å². The second-order valence-corrected chi connectivity index (χ2v) is 6.91. The number of fused-ring (bicyclic) bond motifs is 1. The number of likely N-dealkylation sites (N-methyl/N-ethyl adjacent to an activating group) is 1. The van der Waals surface area contributed by atoms with E-state index in [-0.39, 0.29) is 12.8 Å². The zero-order chi connectivity index (χ0) is 19.2. The summed E-state index contributed by atoms with van der Waals surface area (Å²) in [5.74, 6) is 2.42. The first kappa shape index (κ1) is 19.3. The van der Waals surface area contributed by atoms with Crippen molar-refractivity contribution in [1.29, 1.82) is 0 Å². The molecule has 3 rings (SSSR count). The highest BCUT2D eigenvalue weighted by Gasteiger charge is 2.15. The van der Waals surface area contributed by atoms with E-state index < -0.39 is 0 Å². The number of methoxy groups -OCH3 is 1. The first-order chi connectivity index (χ1) is 13.1. The second-order valence-electron chi connectivity index (χ2n) is 6.50. The van der Waals surface area contributed by atoms with E-state index in [2.05, 4.69) is 41.8 Å². The Bertz CT molecular complexity index is 781. The summed E-state index contributed by atoms with van der Waals surface area (Å²) < 4.78 is 16.0. The highest BCUT2D eigenvalue weighted by atomic mass is 32.1. The predicted molar refractivity (Wildman–Crippen MR) is 109 cm³/mol. The molecule has 0 fully saturated rings. The molecule has 2 aromatic rings. The van der Waals surface area contributed by atoms with Gasteiger partial charge in [0.25, 0.3) is 0 Å². The van der Waals surface area contributed by atoms with Crippen LogP contribution < -0.4 is 24.8 Å². The van der Waals surface area contributed by atoms with E-state index in [0.717, 1.165) is 22.8 Å². The average Bonchev–Trinajstić information content (AvgIpc) is 3.14. The van der Waals surface area contributed by atoms with Gasteiger partial charge < -0.3 is 29.7 Å². The van der Waals surface area contributed by atoms with Crippen molar-refractivity contribution >= 4 is 17.3 Å². The largest absolute Gasteiger partial charge is 0.497 e. The summed E-state index contributed by atoms with van der Waals surface area (Å²) in [6.45, 7) is 1.60. The maximum absolute atomic E-state index is 5.43. The minimum Gasteiger partial charge on any atom is -0.497 e. The number of nitrogens with one attached hydrogen (secondary N) is 2. The van der Waals surface area contributed by atoms with E-state index in [1.807, 2.05) is 30.3 Å². The van der Waals surface area contributed by atoms with Crippen LogP contribution in [0.2, 0.25) is 0 Å². The van der Waals surface area contributed by atoms with Gasteiger partial charge in [-0.1, -0.05) is 18.2 Å². The van der Waals surface area contributed by atoms with Gasteiger partial charge in [-0.3, -0.25) is 0 Å². The van der Waals surface area contributed by atoms with Crippen LogP contribution in [0.15, 0.2) is 42.5 Å². The summed E-state index contributed by atoms with van der Waals surface area (Å²) in [6, 6.07) is 14.2. The number of rotatable bonds is 7. The number of thiocarbonyl (C=S) groups is 1. The molecule has 2 aromatic carbocycles. The predicted octanol–water partition coefficient (Wildman–Crippen LogP) is 2.69. The SMILES string of the molecule is COc1ccc([C@H](CNC(=S)NCc2ccc3c(c2)OCO3)N(C)C)cc1. The van der Waals surface area contributed by atoms with Gasteiger partial charge >= 0.3 is 0 Å². The summed E-state index contributed by atoms with van der Waals surface area (Å²) in [5, 5.41) is 7.16. The number of hydrogen-bond donors (Lipinski definition) is 2. The fraction of sp³-hybridized carbons (Fsp3) is 0.350. The first-order valence-electron chi connectivity index (χ1n) is 8.77. The molecule has 0 aromatic heterocycles. The molecule has 0 spiro atoms. The molecular formula is C20H25N3O3S. The van der Waals surface area contributed by atoms with E-state index in [1.54, 1.807) is 7.11 Å². The zero-order valence-corrected chi connectivity index (χ0v) is 16.6. The average molecular weight is 388 g/mol. The van der Waals surface area contributed by atoms with Crippen LogP contribution in [0, 0.1) is 0 Å². The van der Waals surface area contributed by atoms with Gasteiger partial charge in [0.1, 0.15) is 5.75 Å². The molecule has 0 radical (unpaired) electrons. The van der Waals surface area contributed by atoms with Crippen LogP contribution in [0.25, 0.3) is 0 Å². The number of benzene rings is 2. The Morgan fingerprint density at radius 3 is 2.56 bits per heavy atom. The lowest BCUT2D eigenvalue weighted by molar-refractivity contribution is 0.174. The molecule has 0 bridgehead atoms. The van der Waals surface area contributed by atoms with Crippen molar-refractivity contribution in [2.75, 3.05) is 34.5 Å². The summed E-state index contributed by atoms with van der Waals surface area (Å²) in [5.41, 5.74) is 2.29. The Labute approximate surface area is 165 Å². The Morgan fingerprint density at radius 2 is 1.85 bits per heavy atom. The van der Waals surface area contributed by atoms with E-state index in [9.17, 15) is 0 Å². The molecule has 0 saturated carbocycles. The molecule has 0 unspecified atom stereocenters. The van der Waals surface area contributed by atoms with Gasteiger partial charge in [-0.05, 0) is 61.7 Å². The van der Waals surface area contributed by atoms with Crippen LogP contribution in [0.5, 0.6) is 17.2 Å². The van der Waals surface area contributed by atoms with E-state index in [1.165, 1.54) is 5.56 Å². The molecule has 1 atom stereocenters. The summed E-state index contributed by atoms with van der Waals surface area (Å²) in [4.78, 5) is 2.16. The molecule has 0 saturated heterocycles. The maximum Gasteiger partial charge on any atom is 0.231 e. The van der Waals surface area contributed by atoms with Gasteiger partial charge in [0.15, 0.2) is 16.6 Å². The van der Waals surface area contributed by atoms with Crippen molar-refractivity contribution in [2.24, 2.45) is 0 Å². The third kappa shape index (κ3) is 5.02. The van der Waals surface area contributed by atoms with Gasteiger partial charge in [-0.15, -0.1) is 0 Å². The molecule has 6 nitrogen and oxygen atoms in total. The molecule has 27 heavy (non-hydrogen) atoms. The van der Waals surface area contributed by atoms with Gasteiger partial charge in [-0.25, -0.2) is 0 Å². The third-order valence-electron chi connectivity index (χ3n) is 4.47. The summed E-state index contributed by atoms with van der Waals surface area (Å²) in [7, 11) is 5.78. The highest BCUT2D eigenvalue weighted by molar-refractivity contribution is 7.80. The first-order valence-corrected chi connectivity index (χ1v) is 9.18. The van der Waals surface area contributed by atoms with Gasteiger partial charge in [0.05, 0.1) is 13.2 Å². The van der Waals surface area contributed by atoms with Crippen molar-refractivity contribution in [3.63, 3.8) is 0 Å². The monoisotopic (exact) mass is 387 g/mol. The zero-order valence-electron chi connectivity index (χ0n) is 15.8. The number of nitrogens with zero attached hydrogens (tertiary/aromatic N) is 1. The van der Waals surface area contributed by atoms with Crippen molar-refractivity contribution in [3.05, 3.63) is 53.6 Å². The molecule has 2 N–H and O–H groups in total. The Balaban J connectivity index is 1.51. The lowest BCUT2D eigenvalue weighted by atomic mass is 10.1.